The Labute approximate surface area is 54.8 Å². The molecule has 0 N–H and O–H groups in total. The third-order valence-electron chi connectivity index (χ3n) is 0.930. The van der Waals surface area contributed by atoms with Gasteiger partial charge in [0.1, 0.15) is 0 Å². The van der Waals surface area contributed by atoms with Crippen LogP contribution in [0.5, 0.6) is 0 Å². The van der Waals surface area contributed by atoms with Crippen LogP contribution in [0.2, 0.25) is 0 Å². The molecule has 1 heterocycles. The minimum atomic E-state index is 0.634. The monoisotopic (exact) mass is 126 g/mol. The van der Waals surface area contributed by atoms with E-state index in [1.165, 1.54) is 12.4 Å². The summed E-state index contributed by atoms with van der Waals surface area (Å²) in [5, 5.41) is 0. The van der Waals surface area contributed by atoms with Gasteiger partial charge in [-0.05, 0) is 18.7 Å². The van der Waals surface area contributed by atoms with Crippen molar-refractivity contribution in [2.24, 2.45) is 0 Å². The maximum atomic E-state index is 8.88. The third-order valence-corrected chi connectivity index (χ3v) is 0.930. The average Bonchev–Trinajstić information content (AvgIpc) is 2.70. The van der Waals surface area contributed by atoms with Crippen LogP contribution in [0.15, 0.2) is 12.3 Å². The summed E-state index contributed by atoms with van der Waals surface area (Å²) in [4.78, 5) is 8.88. The van der Waals surface area contributed by atoms with Crippen LogP contribution in [0, 0.1) is 0 Å². The van der Waals surface area contributed by atoms with Gasteiger partial charge < -0.3 is 4.74 Å². The highest BCUT2D eigenvalue weighted by molar-refractivity contribution is 5.42. The Morgan fingerprint density at radius 2 is 2.33 bits per heavy atom. The summed E-state index contributed by atoms with van der Waals surface area (Å²) in [7, 11) is 0. The minimum absolute atomic E-state index is 0.634. The lowest BCUT2D eigenvalue weighted by Crippen LogP contribution is -1.73. The van der Waals surface area contributed by atoms with E-state index < -0.39 is 0 Å². The van der Waals surface area contributed by atoms with Gasteiger partial charge in [0.2, 0.25) is 0 Å². The van der Waals surface area contributed by atoms with Crippen molar-refractivity contribution in [3.63, 3.8) is 0 Å². The van der Waals surface area contributed by atoms with Gasteiger partial charge in [0.15, 0.2) is 5.94 Å². The summed E-state index contributed by atoms with van der Waals surface area (Å²) in [5.41, 5.74) is 1.88. The van der Waals surface area contributed by atoms with Gasteiger partial charge in [-0.3, -0.25) is 0 Å². The first-order valence-corrected chi connectivity index (χ1v) is 2.86. The van der Waals surface area contributed by atoms with Crippen molar-refractivity contribution < 1.29 is 9.53 Å². The molecule has 50 valence electrons. The molecule has 0 amide bonds. The van der Waals surface area contributed by atoms with E-state index in [9.17, 15) is 0 Å². The summed E-state index contributed by atoms with van der Waals surface area (Å²) in [6, 6.07) is 0. The van der Waals surface area contributed by atoms with Crippen LogP contribution in [0.1, 0.15) is 13.3 Å². The Kier molecular flexibility index (Phi) is 4.85. The van der Waals surface area contributed by atoms with Gasteiger partial charge in [-0.1, -0.05) is 6.92 Å². The molecule has 0 radical (unpaired) electrons. The number of epoxide rings is 1. The lowest BCUT2D eigenvalue weighted by atomic mass is 10.4. The largest absolute Gasteiger partial charge is 0.373 e. The summed E-state index contributed by atoms with van der Waals surface area (Å²) in [5.74, 6) is 1.32. The summed E-state index contributed by atoms with van der Waals surface area (Å²) >= 11 is 0. The summed E-state index contributed by atoms with van der Waals surface area (Å²) < 4.78 is 4.86. The second-order valence-corrected chi connectivity index (χ2v) is 1.64. The molecule has 1 saturated heterocycles. The molecule has 1 atom stereocenters. The van der Waals surface area contributed by atoms with Gasteiger partial charge in [-0.15, -0.1) is 0 Å². The van der Waals surface area contributed by atoms with E-state index >= 15 is 0 Å². The second kappa shape index (κ2) is 5.33. The molecule has 1 unspecified atom stereocenters. The van der Waals surface area contributed by atoms with Crippen LogP contribution < -0.4 is 0 Å². The van der Waals surface area contributed by atoms with Gasteiger partial charge in [0.05, 0.1) is 12.7 Å². The van der Waals surface area contributed by atoms with Crippen molar-refractivity contribution in [2.45, 2.75) is 19.4 Å². The molecule has 1 fully saturated rings. The van der Waals surface area contributed by atoms with Gasteiger partial charge in [-0.2, -0.15) is 0 Å². The molecule has 2 nitrogen and oxygen atoms in total. The van der Waals surface area contributed by atoms with Gasteiger partial charge in [-0.25, -0.2) is 4.79 Å². The predicted octanol–water partition coefficient (Wildman–Crippen LogP) is 0.954. The molecule has 0 aliphatic carbocycles. The molecule has 1 aliphatic heterocycles. The molecule has 9 heavy (non-hydrogen) atoms. The van der Waals surface area contributed by atoms with E-state index in [2.05, 4.69) is 13.5 Å². The molecule has 0 bridgehead atoms. The molecule has 0 aromatic rings. The van der Waals surface area contributed by atoms with Crippen molar-refractivity contribution in [2.75, 3.05) is 6.61 Å². The quantitative estimate of drug-likeness (QED) is 0.297. The van der Waals surface area contributed by atoms with Crippen molar-refractivity contribution in [1.29, 1.82) is 0 Å². The van der Waals surface area contributed by atoms with Gasteiger partial charge in [0, 0.05) is 0 Å². The number of carbonyl (C=O) groups excluding carboxylic acids is 1. The van der Waals surface area contributed by atoms with E-state index in [1.807, 2.05) is 5.73 Å². The fraction of sp³-hybridized carbons (Fsp3) is 0.571. The first kappa shape index (κ1) is 8.19. The molecule has 1 aliphatic rings. The SMILES string of the molecule is C=C=C=O.CCC1CO1. The fourth-order valence-electron chi connectivity index (χ4n) is 0.304. The minimum Gasteiger partial charge on any atom is -0.373 e. The zero-order chi connectivity index (χ0) is 7.11. The number of rotatable bonds is 1. The summed E-state index contributed by atoms with van der Waals surface area (Å²) in [6.45, 7) is 6.08. The van der Waals surface area contributed by atoms with Gasteiger partial charge >= 0.3 is 0 Å². The van der Waals surface area contributed by atoms with Gasteiger partial charge in [0.25, 0.3) is 0 Å². The molecule has 0 saturated carbocycles. The lowest BCUT2D eigenvalue weighted by molar-refractivity contribution is 0.403. The maximum absolute atomic E-state index is 8.88. The summed E-state index contributed by atoms with van der Waals surface area (Å²) in [6.07, 6.45) is 1.83. The standard InChI is InChI=1S/C4H8O.C3H2O/c1-2-4-3-5-4;1-2-3-4/h4H,2-3H2,1H3;1H2. The number of hydrogen-bond donors (Lipinski definition) is 0. The topological polar surface area (TPSA) is 29.6 Å². The Bertz CT molecular complexity index is 116. The van der Waals surface area contributed by atoms with Crippen LogP contribution in [-0.2, 0) is 9.53 Å². The second-order valence-electron chi connectivity index (χ2n) is 1.64. The lowest BCUT2D eigenvalue weighted by Gasteiger charge is -1.69. The van der Waals surface area contributed by atoms with E-state index in [-0.39, 0.29) is 0 Å². The van der Waals surface area contributed by atoms with Crippen molar-refractivity contribution in [3.8, 4) is 0 Å². The van der Waals surface area contributed by atoms with E-state index in [4.69, 9.17) is 9.53 Å². The molecular weight excluding hydrogens is 116 g/mol. The zero-order valence-corrected chi connectivity index (χ0v) is 5.52. The van der Waals surface area contributed by atoms with E-state index in [0.717, 1.165) is 6.61 Å². The Morgan fingerprint density at radius 3 is 2.33 bits per heavy atom. The predicted molar refractivity (Wildman–Crippen MR) is 34.9 cm³/mol. The molecule has 2 heteroatoms. The first-order chi connectivity index (χ1) is 4.35. The molecule has 1 rings (SSSR count). The van der Waals surface area contributed by atoms with Crippen LogP contribution >= 0.6 is 0 Å². The van der Waals surface area contributed by atoms with Crippen LogP contribution in [0.4, 0.5) is 0 Å². The third kappa shape index (κ3) is 7.19. The molecule has 0 aromatic heterocycles. The van der Waals surface area contributed by atoms with E-state index in [1.54, 1.807) is 0 Å². The highest BCUT2D eigenvalue weighted by Crippen LogP contribution is 2.10. The van der Waals surface area contributed by atoms with Crippen molar-refractivity contribution in [1.82, 2.24) is 0 Å². The Hall–Kier alpha value is -0.810. The van der Waals surface area contributed by atoms with Crippen LogP contribution in [0.3, 0.4) is 0 Å². The fourth-order valence-corrected chi connectivity index (χ4v) is 0.304. The number of hydrogen-bond acceptors (Lipinski definition) is 2. The molecule has 0 aromatic carbocycles. The Morgan fingerprint density at radius 1 is 1.89 bits per heavy atom. The highest BCUT2D eigenvalue weighted by Gasteiger charge is 2.18. The number of ether oxygens (including phenoxy) is 1. The first-order valence-electron chi connectivity index (χ1n) is 2.86. The molecular formula is C7H10O2. The normalized spacial score (nSPS) is 20.3. The zero-order valence-electron chi connectivity index (χ0n) is 5.52. The van der Waals surface area contributed by atoms with E-state index in [0.29, 0.717) is 6.10 Å². The van der Waals surface area contributed by atoms with Crippen LogP contribution in [0.25, 0.3) is 0 Å². The van der Waals surface area contributed by atoms with Crippen LogP contribution in [-0.4, -0.2) is 18.7 Å². The maximum Gasteiger partial charge on any atom is 0.176 e. The Balaban J connectivity index is 0.000000148. The van der Waals surface area contributed by atoms with Crippen molar-refractivity contribution >= 4 is 5.94 Å². The average molecular weight is 126 g/mol. The molecule has 0 spiro atoms. The van der Waals surface area contributed by atoms with Crippen molar-refractivity contribution in [3.05, 3.63) is 12.3 Å². The highest BCUT2D eigenvalue weighted by atomic mass is 16.6. The smallest absolute Gasteiger partial charge is 0.176 e.